The van der Waals surface area contributed by atoms with Gasteiger partial charge in [-0.15, -0.1) is 0 Å². The summed E-state index contributed by atoms with van der Waals surface area (Å²) in [6, 6.07) is 15.8. The van der Waals surface area contributed by atoms with Gasteiger partial charge in [0.1, 0.15) is 11.0 Å². The Labute approximate surface area is 203 Å². The third kappa shape index (κ3) is 5.40. The number of phenolic OH excluding ortho intramolecular Hbond substituents is 1. The fourth-order valence-corrected chi connectivity index (χ4v) is 5.63. The quantitative estimate of drug-likeness (QED) is 0.390. The molecule has 0 aliphatic rings. The fourth-order valence-electron chi connectivity index (χ4n) is 3.57. The minimum atomic E-state index is -3.97. The SMILES string of the molecule is CCC(C(=O)Nc1cc(O)c(NC(=O)c2ccccc2)cc1Cl)S(=O)(=O)c1ccc(C)cc1C. The second-order valence-electron chi connectivity index (χ2n) is 7.87. The summed E-state index contributed by atoms with van der Waals surface area (Å²) in [5.41, 5.74) is 1.93. The molecule has 3 aromatic carbocycles. The van der Waals surface area contributed by atoms with Crippen LogP contribution in [0.2, 0.25) is 5.02 Å². The van der Waals surface area contributed by atoms with Gasteiger partial charge in [-0.1, -0.05) is 54.4 Å². The van der Waals surface area contributed by atoms with Gasteiger partial charge in [0.25, 0.3) is 5.91 Å². The highest BCUT2D eigenvalue weighted by molar-refractivity contribution is 7.92. The van der Waals surface area contributed by atoms with Gasteiger partial charge >= 0.3 is 0 Å². The summed E-state index contributed by atoms with van der Waals surface area (Å²) in [6.07, 6.45) is 0.0380. The van der Waals surface area contributed by atoms with Crippen molar-refractivity contribution in [3.63, 3.8) is 0 Å². The topological polar surface area (TPSA) is 113 Å². The Morgan fingerprint density at radius 3 is 2.26 bits per heavy atom. The summed E-state index contributed by atoms with van der Waals surface area (Å²) >= 11 is 6.27. The van der Waals surface area contributed by atoms with Crippen LogP contribution in [0.15, 0.2) is 65.6 Å². The number of aromatic hydroxyl groups is 1. The Kier molecular flexibility index (Phi) is 7.64. The van der Waals surface area contributed by atoms with Gasteiger partial charge < -0.3 is 15.7 Å². The van der Waals surface area contributed by atoms with Crippen LogP contribution in [0.5, 0.6) is 5.75 Å². The van der Waals surface area contributed by atoms with Crippen molar-refractivity contribution in [3.05, 3.63) is 82.4 Å². The largest absolute Gasteiger partial charge is 0.506 e. The third-order valence-electron chi connectivity index (χ3n) is 5.30. The third-order valence-corrected chi connectivity index (χ3v) is 7.98. The van der Waals surface area contributed by atoms with Gasteiger partial charge in [0.2, 0.25) is 5.91 Å². The van der Waals surface area contributed by atoms with Crippen LogP contribution < -0.4 is 10.6 Å². The molecule has 3 N–H and O–H groups in total. The standard InChI is InChI=1S/C25H25ClN2O5S/c1-4-22(34(32,33)23-11-10-15(2)12-16(23)3)25(31)27-19-14-21(29)20(13-18(19)26)28-24(30)17-8-6-5-7-9-17/h5-14,22,29H,4H2,1-3H3,(H,27,31)(H,28,30). The average molecular weight is 501 g/mol. The number of phenols is 1. The minimum absolute atomic E-state index is 0.0216. The highest BCUT2D eigenvalue weighted by Gasteiger charge is 2.34. The van der Waals surface area contributed by atoms with Crippen LogP contribution in [0.25, 0.3) is 0 Å². The zero-order chi connectivity index (χ0) is 25.0. The van der Waals surface area contributed by atoms with E-state index in [-0.39, 0.29) is 33.5 Å². The van der Waals surface area contributed by atoms with Crippen molar-refractivity contribution in [3.8, 4) is 5.75 Å². The number of sulfone groups is 1. The molecule has 1 atom stereocenters. The monoisotopic (exact) mass is 500 g/mol. The predicted octanol–water partition coefficient (Wildman–Crippen LogP) is 5.11. The van der Waals surface area contributed by atoms with Crippen molar-refractivity contribution < 1.29 is 23.1 Å². The van der Waals surface area contributed by atoms with E-state index in [4.69, 9.17) is 11.6 Å². The number of halogens is 1. The zero-order valence-electron chi connectivity index (χ0n) is 18.9. The number of hydrogen-bond acceptors (Lipinski definition) is 5. The summed E-state index contributed by atoms with van der Waals surface area (Å²) in [5.74, 6) is -1.56. The Morgan fingerprint density at radius 1 is 0.971 bits per heavy atom. The van der Waals surface area contributed by atoms with Crippen LogP contribution in [-0.2, 0) is 14.6 Å². The number of hydrogen-bond donors (Lipinski definition) is 3. The highest BCUT2D eigenvalue weighted by atomic mass is 35.5. The highest BCUT2D eigenvalue weighted by Crippen LogP contribution is 2.35. The summed E-state index contributed by atoms with van der Waals surface area (Å²) in [7, 11) is -3.97. The molecule has 34 heavy (non-hydrogen) atoms. The lowest BCUT2D eigenvalue weighted by Gasteiger charge is -2.18. The van der Waals surface area contributed by atoms with Crippen molar-refractivity contribution in [2.75, 3.05) is 10.6 Å². The molecule has 0 heterocycles. The maximum atomic E-state index is 13.2. The van der Waals surface area contributed by atoms with Gasteiger partial charge in [0, 0.05) is 11.6 Å². The molecule has 2 amide bonds. The molecule has 0 saturated carbocycles. The Balaban J connectivity index is 1.83. The average Bonchev–Trinajstić information content (AvgIpc) is 2.77. The van der Waals surface area contributed by atoms with E-state index in [1.165, 1.54) is 12.1 Å². The van der Waals surface area contributed by atoms with Crippen molar-refractivity contribution in [1.29, 1.82) is 0 Å². The first-order valence-corrected chi connectivity index (χ1v) is 12.5. The van der Waals surface area contributed by atoms with E-state index in [0.29, 0.717) is 11.1 Å². The molecule has 0 radical (unpaired) electrons. The van der Waals surface area contributed by atoms with Crippen LogP contribution in [-0.4, -0.2) is 30.6 Å². The van der Waals surface area contributed by atoms with E-state index in [9.17, 15) is 23.1 Å². The normalized spacial score (nSPS) is 12.1. The molecule has 178 valence electrons. The predicted molar refractivity (Wildman–Crippen MR) is 133 cm³/mol. The number of amides is 2. The molecule has 0 fully saturated rings. The number of carbonyl (C=O) groups excluding carboxylic acids is 2. The summed E-state index contributed by atoms with van der Waals surface area (Å²) in [6.45, 7) is 5.14. The zero-order valence-corrected chi connectivity index (χ0v) is 20.5. The maximum Gasteiger partial charge on any atom is 0.255 e. The Bertz CT molecular complexity index is 1340. The van der Waals surface area contributed by atoms with Gasteiger partial charge in [0.05, 0.1) is 21.3 Å². The van der Waals surface area contributed by atoms with Gasteiger partial charge in [-0.2, -0.15) is 0 Å². The van der Waals surface area contributed by atoms with Gasteiger partial charge in [-0.3, -0.25) is 9.59 Å². The van der Waals surface area contributed by atoms with Crippen molar-refractivity contribution in [2.24, 2.45) is 0 Å². The number of nitrogens with one attached hydrogen (secondary N) is 2. The molecule has 3 rings (SSSR count). The molecule has 7 nitrogen and oxygen atoms in total. The molecule has 0 saturated heterocycles. The van der Waals surface area contributed by atoms with Gasteiger partial charge in [0.15, 0.2) is 9.84 Å². The van der Waals surface area contributed by atoms with Crippen molar-refractivity contribution in [1.82, 2.24) is 0 Å². The number of carbonyl (C=O) groups is 2. The van der Waals surface area contributed by atoms with Crippen LogP contribution in [0.1, 0.15) is 34.8 Å². The van der Waals surface area contributed by atoms with E-state index in [1.807, 2.05) is 6.92 Å². The number of aryl methyl sites for hydroxylation is 2. The van der Waals surface area contributed by atoms with Crippen LogP contribution in [0, 0.1) is 13.8 Å². The molecular formula is C25H25ClN2O5S. The first-order chi connectivity index (χ1) is 16.0. The minimum Gasteiger partial charge on any atom is -0.506 e. The van der Waals surface area contributed by atoms with Gasteiger partial charge in [-0.25, -0.2) is 8.42 Å². The maximum absolute atomic E-state index is 13.2. The second-order valence-corrected chi connectivity index (χ2v) is 10.4. The molecule has 0 spiro atoms. The molecule has 3 aromatic rings. The number of anilines is 2. The Hall–Kier alpha value is -3.36. The molecule has 1 unspecified atom stereocenters. The molecule has 0 aliphatic carbocycles. The fraction of sp³-hybridized carbons (Fsp3) is 0.200. The van der Waals surface area contributed by atoms with Crippen molar-refractivity contribution in [2.45, 2.75) is 37.3 Å². The lowest BCUT2D eigenvalue weighted by atomic mass is 10.2. The summed E-state index contributed by atoms with van der Waals surface area (Å²) in [4.78, 5) is 25.4. The first kappa shape index (κ1) is 25.3. The molecular weight excluding hydrogens is 476 g/mol. The lowest BCUT2D eigenvalue weighted by molar-refractivity contribution is -0.115. The smallest absolute Gasteiger partial charge is 0.255 e. The molecule has 0 bridgehead atoms. The molecule has 0 aromatic heterocycles. The van der Waals surface area contributed by atoms with E-state index in [0.717, 1.165) is 11.6 Å². The lowest BCUT2D eigenvalue weighted by Crippen LogP contribution is -2.35. The van der Waals surface area contributed by atoms with Gasteiger partial charge in [-0.05, 0) is 50.1 Å². The number of benzene rings is 3. The first-order valence-electron chi connectivity index (χ1n) is 10.6. The van der Waals surface area contributed by atoms with E-state index < -0.39 is 26.9 Å². The Morgan fingerprint density at radius 2 is 1.65 bits per heavy atom. The molecule has 9 heteroatoms. The van der Waals surface area contributed by atoms with Crippen LogP contribution in [0.3, 0.4) is 0 Å². The number of rotatable bonds is 7. The molecule has 0 aliphatic heterocycles. The van der Waals surface area contributed by atoms with Crippen LogP contribution >= 0.6 is 11.6 Å². The van der Waals surface area contributed by atoms with E-state index >= 15 is 0 Å². The summed E-state index contributed by atoms with van der Waals surface area (Å²) < 4.78 is 26.4. The van der Waals surface area contributed by atoms with Crippen LogP contribution in [0.4, 0.5) is 11.4 Å². The summed E-state index contributed by atoms with van der Waals surface area (Å²) in [5, 5.41) is 14.1. The van der Waals surface area contributed by atoms with Crippen molar-refractivity contribution >= 4 is 44.6 Å². The van der Waals surface area contributed by atoms with E-state index in [1.54, 1.807) is 56.3 Å². The van der Waals surface area contributed by atoms with E-state index in [2.05, 4.69) is 10.6 Å². The second kappa shape index (κ2) is 10.3.